The van der Waals surface area contributed by atoms with Crippen molar-refractivity contribution in [3.05, 3.63) is 46.4 Å². The van der Waals surface area contributed by atoms with Crippen molar-refractivity contribution in [3.8, 4) is 5.75 Å². The first-order chi connectivity index (χ1) is 13.5. The number of carbonyl (C=O) groups is 2. The zero-order valence-electron chi connectivity index (χ0n) is 15.7. The summed E-state index contributed by atoms with van der Waals surface area (Å²) in [4.78, 5) is 37.0. The Bertz CT molecular complexity index is 924. The lowest BCUT2D eigenvalue weighted by Crippen LogP contribution is -2.50. The number of nitrogens with zero attached hydrogens (tertiary/aromatic N) is 1. The maximum absolute atomic E-state index is 12.8. The lowest BCUT2D eigenvalue weighted by molar-refractivity contribution is -0.368. The fraction of sp³-hybridized carbons (Fsp3) is 0.450. The highest BCUT2D eigenvalue weighted by Crippen LogP contribution is 2.25. The molecule has 8 heteroatoms. The number of nitrogens with one attached hydrogen (secondary N) is 1. The quantitative estimate of drug-likeness (QED) is 0.602. The van der Waals surface area contributed by atoms with Gasteiger partial charge >= 0.3 is 5.97 Å². The van der Waals surface area contributed by atoms with Crippen molar-refractivity contribution in [1.29, 1.82) is 0 Å². The smallest absolute Gasteiger partial charge is 0.308 e. The molecule has 0 aromatic carbocycles. The summed E-state index contributed by atoms with van der Waals surface area (Å²) in [6.07, 6.45) is 5.20. The lowest BCUT2D eigenvalue weighted by atomic mass is 9.84. The molecule has 1 saturated carbocycles. The predicted molar refractivity (Wildman–Crippen MR) is 102 cm³/mol. The molecule has 3 rings (SSSR count). The number of carboxylic acids is 1. The summed E-state index contributed by atoms with van der Waals surface area (Å²) >= 11 is 0. The molecule has 1 aliphatic carbocycles. The van der Waals surface area contributed by atoms with E-state index in [-0.39, 0.29) is 5.56 Å². The highest BCUT2D eigenvalue weighted by atomic mass is 16.5. The van der Waals surface area contributed by atoms with Gasteiger partial charge in [0.15, 0.2) is 0 Å². The number of amides is 1. The second-order valence-electron chi connectivity index (χ2n) is 7.08. The second-order valence-corrected chi connectivity index (χ2v) is 7.08. The number of hydrogen-bond donors (Lipinski definition) is 3. The third-order valence-electron chi connectivity index (χ3n) is 5.13. The fourth-order valence-electron chi connectivity index (χ4n) is 3.57. The van der Waals surface area contributed by atoms with Gasteiger partial charge in [0, 0.05) is 18.0 Å². The molecule has 1 fully saturated rings. The summed E-state index contributed by atoms with van der Waals surface area (Å²) in [5.74, 6) is -1.53. The van der Waals surface area contributed by atoms with Crippen molar-refractivity contribution in [2.24, 2.45) is 5.92 Å². The number of carbonyl (C=O) groups excluding carboxylic acids is 1. The number of ether oxygens (including phenoxy) is 1. The van der Waals surface area contributed by atoms with Gasteiger partial charge in [-0.25, -0.2) is 0 Å². The third kappa shape index (κ3) is 4.33. The van der Waals surface area contributed by atoms with Gasteiger partial charge in [0.1, 0.15) is 11.3 Å². The molecule has 0 radical (unpaired) electrons. The van der Waals surface area contributed by atoms with Gasteiger partial charge in [0.2, 0.25) is 0 Å². The minimum Gasteiger partial charge on any atom is -0.492 e. The normalized spacial score (nSPS) is 19.3. The van der Waals surface area contributed by atoms with Gasteiger partial charge in [-0.1, -0.05) is 12.8 Å². The molecule has 1 aliphatic rings. The number of quaternary nitrogens is 1. The molecule has 2 aromatic heterocycles. The van der Waals surface area contributed by atoms with Gasteiger partial charge in [-0.2, -0.15) is 0 Å². The van der Waals surface area contributed by atoms with E-state index in [0.717, 1.165) is 25.8 Å². The Morgan fingerprint density at radius 1 is 1.21 bits per heavy atom. The zero-order valence-corrected chi connectivity index (χ0v) is 15.7. The van der Waals surface area contributed by atoms with E-state index in [1.54, 1.807) is 24.4 Å². The highest BCUT2D eigenvalue weighted by Gasteiger charge is 2.32. The molecule has 2 aromatic rings. The average molecular weight is 388 g/mol. The molecule has 150 valence electrons. The molecule has 2 unspecified atom stereocenters. The predicted octanol–water partition coefficient (Wildman–Crippen LogP) is 0.683. The van der Waals surface area contributed by atoms with E-state index >= 15 is 0 Å². The third-order valence-corrected chi connectivity index (χ3v) is 5.13. The van der Waals surface area contributed by atoms with Crippen LogP contribution in [-0.2, 0) is 4.79 Å². The molecule has 28 heavy (non-hydrogen) atoms. The van der Waals surface area contributed by atoms with Crippen LogP contribution in [0.4, 0.5) is 0 Å². The van der Waals surface area contributed by atoms with Crippen LogP contribution in [0.25, 0.3) is 5.52 Å². The van der Waals surface area contributed by atoms with Gasteiger partial charge in [0.05, 0.1) is 25.3 Å². The van der Waals surface area contributed by atoms with Crippen molar-refractivity contribution in [3.63, 3.8) is 0 Å². The van der Waals surface area contributed by atoms with E-state index in [1.165, 1.54) is 10.5 Å². The Balaban J connectivity index is 1.83. The van der Waals surface area contributed by atoms with E-state index in [0.29, 0.717) is 30.7 Å². The monoisotopic (exact) mass is 388 g/mol. The molecule has 2 heterocycles. The first-order valence-electron chi connectivity index (χ1n) is 9.62. The van der Waals surface area contributed by atoms with E-state index in [1.807, 2.05) is 0 Å². The Morgan fingerprint density at radius 2 is 1.96 bits per heavy atom. The zero-order chi connectivity index (χ0) is 20.1. The van der Waals surface area contributed by atoms with E-state index in [4.69, 9.17) is 4.74 Å². The van der Waals surface area contributed by atoms with Gasteiger partial charge in [-0.05, 0) is 37.1 Å². The first-order valence-corrected chi connectivity index (χ1v) is 9.62. The summed E-state index contributed by atoms with van der Waals surface area (Å²) in [5.41, 5.74) is 3.94. The molecular formula is C20H26N3O5+. The van der Waals surface area contributed by atoms with Crippen molar-refractivity contribution in [2.75, 3.05) is 13.2 Å². The van der Waals surface area contributed by atoms with Crippen molar-refractivity contribution >= 4 is 17.4 Å². The Hall–Kier alpha value is -2.87. The van der Waals surface area contributed by atoms with Gasteiger partial charge in [-0.3, -0.25) is 18.8 Å². The Morgan fingerprint density at radius 3 is 2.71 bits per heavy atom. The van der Waals surface area contributed by atoms with Crippen LogP contribution in [0.2, 0.25) is 0 Å². The van der Waals surface area contributed by atoms with Crippen LogP contribution in [0.3, 0.4) is 0 Å². The summed E-state index contributed by atoms with van der Waals surface area (Å²) in [5, 5.41) is 12.1. The summed E-state index contributed by atoms with van der Waals surface area (Å²) in [7, 11) is 0. The van der Waals surface area contributed by atoms with Gasteiger partial charge in [0.25, 0.3) is 11.5 Å². The molecular weight excluding hydrogens is 362 g/mol. The topological polar surface area (TPSA) is 125 Å². The van der Waals surface area contributed by atoms with Crippen LogP contribution in [0.1, 0.15) is 42.5 Å². The first kappa shape index (κ1) is 19.9. The summed E-state index contributed by atoms with van der Waals surface area (Å²) in [6, 6.07) is 6.23. The van der Waals surface area contributed by atoms with Crippen molar-refractivity contribution in [1.82, 2.24) is 9.72 Å². The SMILES string of the molecule is [NH3+]CCCOc1ccc2ccc(C(=O)NC3CCCCC3C(=O)O)c(=O)n2c1. The summed E-state index contributed by atoms with van der Waals surface area (Å²) < 4.78 is 6.99. The molecule has 0 saturated heterocycles. The number of rotatable bonds is 7. The van der Waals surface area contributed by atoms with E-state index in [9.17, 15) is 19.5 Å². The molecule has 8 nitrogen and oxygen atoms in total. The maximum atomic E-state index is 12.8. The minimum atomic E-state index is -0.913. The van der Waals surface area contributed by atoms with E-state index < -0.39 is 29.4 Å². The van der Waals surface area contributed by atoms with Crippen LogP contribution in [-0.4, -0.2) is 40.6 Å². The van der Waals surface area contributed by atoms with Gasteiger partial charge in [-0.15, -0.1) is 0 Å². The maximum Gasteiger partial charge on any atom is 0.308 e. The number of aliphatic carboxylic acids is 1. The number of hydrogen-bond acceptors (Lipinski definition) is 4. The average Bonchev–Trinajstić information content (AvgIpc) is 2.69. The van der Waals surface area contributed by atoms with Crippen LogP contribution in [0, 0.1) is 5.92 Å². The largest absolute Gasteiger partial charge is 0.492 e. The lowest BCUT2D eigenvalue weighted by Gasteiger charge is -2.29. The Kier molecular flexibility index (Phi) is 6.30. The molecule has 0 spiro atoms. The molecule has 1 amide bonds. The number of carboxylic acid groups (broad SMARTS) is 1. The molecule has 5 N–H and O–H groups in total. The number of aromatic nitrogens is 1. The van der Waals surface area contributed by atoms with Crippen molar-refractivity contribution < 1.29 is 25.2 Å². The molecule has 0 bridgehead atoms. The van der Waals surface area contributed by atoms with Crippen LogP contribution < -0.4 is 21.3 Å². The fourth-order valence-corrected chi connectivity index (χ4v) is 3.57. The van der Waals surface area contributed by atoms with E-state index in [2.05, 4.69) is 11.1 Å². The standard InChI is InChI=1S/C20H25N3O5/c21-10-3-11-28-14-8-6-13-7-9-16(19(25)23(13)12-14)18(24)22-17-5-2-1-4-15(17)20(26)27/h6-9,12,15,17H,1-5,10-11,21H2,(H,22,24)(H,26,27)/p+1. The molecule has 2 atom stereocenters. The van der Waals surface area contributed by atoms with Crippen LogP contribution in [0.5, 0.6) is 5.75 Å². The molecule has 0 aliphatic heterocycles. The van der Waals surface area contributed by atoms with Crippen molar-refractivity contribution in [2.45, 2.75) is 38.1 Å². The minimum absolute atomic E-state index is 0.0119. The number of pyridine rings is 2. The highest BCUT2D eigenvalue weighted by molar-refractivity contribution is 5.94. The Labute approximate surface area is 162 Å². The van der Waals surface area contributed by atoms with Crippen LogP contribution >= 0.6 is 0 Å². The van der Waals surface area contributed by atoms with Gasteiger partial charge < -0.3 is 20.9 Å². The van der Waals surface area contributed by atoms with Crippen LogP contribution in [0.15, 0.2) is 35.3 Å². The number of fused-ring (bicyclic) bond motifs is 1. The summed E-state index contributed by atoms with van der Waals surface area (Å²) in [6.45, 7) is 1.26. The second kappa shape index (κ2) is 8.88.